The largest absolute Gasteiger partial charge is 0.478 e. The van der Waals surface area contributed by atoms with E-state index in [1.807, 2.05) is 18.2 Å². The number of hydrogen-bond donors (Lipinski definition) is 1. The Labute approximate surface area is 343 Å². The van der Waals surface area contributed by atoms with E-state index in [0.29, 0.717) is 75.8 Å². The number of carboxylic acid groups (broad SMARTS) is 1. The quantitative estimate of drug-likeness (QED) is 0.146. The van der Waals surface area contributed by atoms with Crippen LogP contribution in [-0.4, -0.2) is 79.0 Å². The van der Waals surface area contributed by atoms with Gasteiger partial charge in [-0.05, 0) is 86.8 Å². The topological polar surface area (TPSA) is 120 Å². The first-order valence-corrected chi connectivity index (χ1v) is 20.9. The van der Waals surface area contributed by atoms with Crippen molar-refractivity contribution in [2.24, 2.45) is 17.8 Å². The number of halogens is 4. The molecule has 1 aliphatic heterocycles. The van der Waals surface area contributed by atoms with Crippen molar-refractivity contribution in [3.8, 4) is 0 Å². The number of amides is 1. The maximum absolute atomic E-state index is 13.7. The molecule has 1 saturated heterocycles. The average molecular weight is 826 g/mol. The third-order valence-corrected chi connectivity index (χ3v) is 12.2. The van der Waals surface area contributed by atoms with Gasteiger partial charge in [-0.25, -0.2) is 32.3 Å². The molecule has 2 aromatic heterocycles. The Balaban J connectivity index is 0.000000208. The Bertz CT molecular complexity index is 2150. The molecule has 322 valence electrons. The number of nitrogens with zero attached hydrogens (tertiary/aromatic N) is 5. The number of esters is 1. The number of alkyl halides is 4. The number of fused-ring (bicyclic) bond motifs is 2. The smallest absolute Gasteiger partial charge is 0.335 e. The molecule has 3 fully saturated rings. The zero-order valence-corrected chi connectivity index (χ0v) is 35.4. The second-order valence-electron chi connectivity index (χ2n) is 19.0. The lowest BCUT2D eigenvalue weighted by Gasteiger charge is -2.30. The highest BCUT2D eigenvalue weighted by atomic mass is 19.3. The summed E-state index contributed by atoms with van der Waals surface area (Å²) in [6, 6.07) is 10.5. The third-order valence-electron chi connectivity index (χ3n) is 12.2. The number of hydrogen-bond acceptors (Lipinski definition) is 6. The molecule has 0 bridgehead atoms. The van der Waals surface area contributed by atoms with Gasteiger partial charge in [-0.3, -0.25) is 9.59 Å². The van der Waals surface area contributed by atoms with Crippen LogP contribution in [0.1, 0.15) is 138 Å². The lowest BCUT2D eigenvalue weighted by Crippen LogP contribution is -2.40. The number of benzene rings is 2. The standard InChI is InChI=1S/C26H35F2N3O3.C19H24F2N2O2/c1-25(2,3)24-29-20-15-19(22(32)30-13-9-18(10-14-30)23(33)34-4)5-6-21(20)31(24)16-17-7-11-26(27,28)12-8-17;1-18(2,3)17-22-14-10-13(16(24)25)4-5-15(14)23(17)11-12-6-8-19(20,21)9-7-12/h5-6,15,17-18H,7-14,16H2,1-4H3;4-5,10,12H,6-9,11H2,1-3H3,(H,24,25). The number of likely N-dealkylation sites (tertiary alicyclic amines) is 1. The normalized spacial score (nSPS) is 19.4. The molecule has 1 amide bonds. The van der Waals surface area contributed by atoms with Crippen LogP contribution in [-0.2, 0) is 33.5 Å². The summed E-state index contributed by atoms with van der Waals surface area (Å²) < 4.78 is 63.2. The molecule has 3 aliphatic rings. The van der Waals surface area contributed by atoms with Crippen LogP contribution >= 0.6 is 0 Å². The maximum atomic E-state index is 13.7. The van der Waals surface area contributed by atoms with Crippen molar-refractivity contribution in [3.05, 3.63) is 59.2 Å². The van der Waals surface area contributed by atoms with Crippen LogP contribution in [0.25, 0.3) is 22.1 Å². The highest BCUT2D eigenvalue weighted by Gasteiger charge is 2.37. The van der Waals surface area contributed by atoms with Crippen LogP contribution in [0.15, 0.2) is 36.4 Å². The first-order valence-electron chi connectivity index (χ1n) is 20.9. The zero-order valence-electron chi connectivity index (χ0n) is 35.4. The van der Waals surface area contributed by atoms with Gasteiger partial charge in [0.25, 0.3) is 5.91 Å². The van der Waals surface area contributed by atoms with E-state index in [1.165, 1.54) is 7.11 Å². The van der Waals surface area contributed by atoms with E-state index in [-0.39, 0.29) is 71.7 Å². The molecule has 1 N–H and O–H groups in total. The molecule has 4 aromatic rings. The highest BCUT2D eigenvalue weighted by Crippen LogP contribution is 2.40. The molecule has 2 aromatic carbocycles. The molecule has 7 rings (SSSR count). The van der Waals surface area contributed by atoms with Gasteiger partial charge in [-0.1, -0.05) is 41.5 Å². The fourth-order valence-corrected chi connectivity index (χ4v) is 8.79. The molecule has 0 atom stereocenters. The maximum Gasteiger partial charge on any atom is 0.335 e. The van der Waals surface area contributed by atoms with Crippen molar-refractivity contribution in [1.82, 2.24) is 24.0 Å². The number of carbonyl (C=O) groups excluding carboxylic acids is 2. The van der Waals surface area contributed by atoms with Crippen molar-refractivity contribution in [3.63, 3.8) is 0 Å². The number of carbonyl (C=O) groups is 3. The molecule has 0 radical (unpaired) electrons. The van der Waals surface area contributed by atoms with E-state index in [2.05, 4.69) is 55.7 Å². The van der Waals surface area contributed by atoms with Crippen LogP contribution in [0.5, 0.6) is 0 Å². The summed E-state index contributed by atoms with van der Waals surface area (Å²) in [7, 11) is 1.39. The molecule has 14 heteroatoms. The molecule has 2 saturated carbocycles. The van der Waals surface area contributed by atoms with Crippen molar-refractivity contribution in [2.75, 3.05) is 20.2 Å². The number of imidazole rings is 2. The van der Waals surface area contributed by atoms with Crippen LogP contribution in [0.2, 0.25) is 0 Å². The number of rotatable bonds is 7. The molecule has 3 heterocycles. The minimum atomic E-state index is -2.54. The van der Waals surface area contributed by atoms with Gasteiger partial charge in [0.2, 0.25) is 11.8 Å². The molecular formula is C45H59F4N5O5. The summed E-state index contributed by atoms with van der Waals surface area (Å²) in [6.07, 6.45) is 3.00. The number of piperidine rings is 1. The van der Waals surface area contributed by atoms with E-state index in [0.717, 1.165) is 28.2 Å². The second-order valence-corrected chi connectivity index (χ2v) is 19.0. The molecule has 0 unspecified atom stereocenters. The van der Waals surface area contributed by atoms with Crippen molar-refractivity contribution in [1.29, 1.82) is 0 Å². The number of aromatic nitrogens is 4. The first kappa shape index (κ1) is 44.1. The van der Waals surface area contributed by atoms with Crippen LogP contribution < -0.4 is 0 Å². The predicted octanol–water partition coefficient (Wildman–Crippen LogP) is 10.0. The fraction of sp³-hybridized carbons (Fsp3) is 0.622. The average Bonchev–Trinajstić information content (AvgIpc) is 3.74. The minimum absolute atomic E-state index is 0.0551. The monoisotopic (exact) mass is 825 g/mol. The van der Waals surface area contributed by atoms with E-state index in [9.17, 15) is 37.1 Å². The van der Waals surface area contributed by atoms with E-state index < -0.39 is 17.8 Å². The summed E-state index contributed by atoms with van der Waals surface area (Å²) >= 11 is 0. The Morgan fingerprint density at radius 3 is 1.49 bits per heavy atom. The van der Waals surface area contributed by atoms with Crippen molar-refractivity contribution in [2.45, 2.75) is 142 Å². The molecular weight excluding hydrogens is 767 g/mol. The Morgan fingerprint density at radius 1 is 0.695 bits per heavy atom. The van der Waals surface area contributed by atoms with Gasteiger partial charge in [-0.2, -0.15) is 0 Å². The molecule has 10 nitrogen and oxygen atoms in total. The Kier molecular flexibility index (Phi) is 12.6. The molecule has 2 aliphatic carbocycles. The number of ether oxygens (including phenoxy) is 1. The summed E-state index contributed by atoms with van der Waals surface area (Å²) in [5.41, 5.74) is 3.53. The second kappa shape index (κ2) is 16.9. The summed E-state index contributed by atoms with van der Waals surface area (Å²) in [6.45, 7) is 14.8. The van der Waals surface area contributed by atoms with Crippen LogP contribution in [0.3, 0.4) is 0 Å². The van der Waals surface area contributed by atoms with Gasteiger partial charge in [-0.15, -0.1) is 0 Å². The Hall–Kier alpha value is -4.49. The van der Waals surface area contributed by atoms with Gasteiger partial charge < -0.3 is 23.9 Å². The van der Waals surface area contributed by atoms with Gasteiger partial charge in [0.15, 0.2) is 0 Å². The lowest BCUT2D eigenvalue weighted by molar-refractivity contribution is -0.146. The molecule has 59 heavy (non-hydrogen) atoms. The van der Waals surface area contributed by atoms with Gasteiger partial charge >= 0.3 is 11.9 Å². The van der Waals surface area contributed by atoms with Crippen LogP contribution in [0, 0.1) is 17.8 Å². The van der Waals surface area contributed by atoms with E-state index in [1.54, 1.807) is 23.1 Å². The van der Waals surface area contributed by atoms with Gasteiger partial charge in [0.05, 0.1) is 40.7 Å². The van der Waals surface area contributed by atoms with Crippen molar-refractivity contribution >= 4 is 39.9 Å². The summed E-state index contributed by atoms with van der Waals surface area (Å²) in [4.78, 5) is 47.5. The third kappa shape index (κ3) is 10.3. The number of methoxy groups -OCH3 is 1. The lowest BCUT2D eigenvalue weighted by atomic mass is 9.86. The predicted molar refractivity (Wildman–Crippen MR) is 218 cm³/mol. The van der Waals surface area contributed by atoms with E-state index in [4.69, 9.17) is 9.72 Å². The number of aromatic carboxylic acids is 1. The fourth-order valence-electron chi connectivity index (χ4n) is 8.79. The van der Waals surface area contributed by atoms with Gasteiger partial charge in [0, 0.05) is 68.3 Å². The van der Waals surface area contributed by atoms with Crippen molar-refractivity contribution < 1.29 is 41.8 Å². The van der Waals surface area contributed by atoms with E-state index >= 15 is 0 Å². The highest BCUT2D eigenvalue weighted by molar-refractivity contribution is 5.97. The number of carboxylic acids is 1. The first-order chi connectivity index (χ1) is 27.5. The SMILES string of the molecule is CC(C)(C)c1nc2cc(C(=O)O)ccc2n1CC1CCC(F)(F)CC1.COC(=O)C1CCN(C(=O)c2ccc3c(c2)nc(C(C)(C)C)n3CC2CCC(F)(F)CC2)CC1. The zero-order chi connectivity index (χ0) is 43.1. The van der Waals surface area contributed by atoms with Gasteiger partial charge in [0.1, 0.15) is 11.6 Å². The summed E-state index contributed by atoms with van der Waals surface area (Å²) in [5, 5.41) is 9.18. The van der Waals surface area contributed by atoms with Crippen LogP contribution in [0.4, 0.5) is 17.6 Å². The molecule has 0 spiro atoms. The Morgan fingerprint density at radius 2 is 1.10 bits per heavy atom. The minimum Gasteiger partial charge on any atom is -0.478 e. The summed E-state index contributed by atoms with van der Waals surface area (Å²) in [5.74, 6) is -4.33.